The van der Waals surface area contributed by atoms with Crippen molar-refractivity contribution in [2.24, 2.45) is 0 Å². The second-order valence-corrected chi connectivity index (χ2v) is 7.46. The standard InChI is InChI=1S/C11H16BrN3O2S/c1-14(2)10-3-4-15(8-10)18(16,17)11-5-9(12)6-13-7-11/h5-7,10H,3-4,8H2,1-2H3/t10-/m1/s1. The first-order valence-electron chi connectivity index (χ1n) is 5.68. The average Bonchev–Trinajstić information content (AvgIpc) is 2.79. The maximum Gasteiger partial charge on any atom is 0.244 e. The Balaban J connectivity index is 2.23. The lowest BCUT2D eigenvalue weighted by Gasteiger charge is -2.20. The van der Waals surface area contributed by atoms with E-state index in [2.05, 4.69) is 25.8 Å². The molecule has 1 atom stereocenters. The van der Waals surface area contributed by atoms with Gasteiger partial charge in [-0.1, -0.05) is 0 Å². The van der Waals surface area contributed by atoms with E-state index in [4.69, 9.17) is 0 Å². The molecule has 1 saturated heterocycles. The van der Waals surface area contributed by atoms with Crippen LogP contribution in [0.4, 0.5) is 0 Å². The van der Waals surface area contributed by atoms with Crippen molar-refractivity contribution < 1.29 is 8.42 Å². The summed E-state index contributed by atoms with van der Waals surface area (Å²) in [5.41, 5.74) is 0. The smallest absolute Gasteiger partial charge is 0.244 e. The predicted molar refractivity (Wildman–Crippen MR) is 72.8 cm³/mol. The third-order valence-corrected chi connectivity index (χ3v) is 5.44. The van der Waals surface area contributed by atoms with Crippen LogP contribution in [0.2, 0.25) is 0 Å². The summed E-state index contributed by atoms with van der Waals surface area (Å²) in [4.78, 5) is 6.22. The normalized spacial score (nSPS) is 21.7. The summed E-state index contributed by atoms with van der Waals surface area (Å²) in [7, 11) is 0.534. The van der Waals surface area contributed by atoms with Gasteiger partial charge in [0.2, 0.25) is 10.0 Å². The molecule has 18 heavy (non-hydrogen) atoms. The second kappa shape index (κ2) is 5.24. The summed E-state index contributed by atoms with van der Waals surface area (Å²) >= 11 is 3.24. The molecule has 0 amide bonds. The first-order valence-corrected chi connectivity index (χ1v) is 7.91. The third-order valence-electron chi connectivity index (χ3n) is 3.17. The van der Waals surface area contributed by atoms with E-state index in [1.807, 2.05) is 14.1 Å². The molecular formula is C11H16BrN3O2S. The molecule has 0 N–H and O–H groups in total. The number of hydrogen-bond donors (Lipinski definition) is 0. The lowest BCUT2D eigenvalue weighted by atomic mass is 10.2. The maximum atomic E-state index is 12.4. The highest BCUT2D eigenvalue weighted by Crippen LogP contribution is 2.23. The van der Waals surface area contributed by atoms with E-state index >= 15 is 0 Å². The minimum atomic E-state index is -3.41. The molecule has 100 valence electrons. The van der Waals surface area contributed by atoms with Crippen molar-refractivity contribution in [1.82, 2.24) is 14.2 Å². The van der Waals surface area contributed by atoms with Crippen LogP contribution in [0.5, 0.6) is 0 Å². The summed E-state index contributed by atoms with van der Waals surface area (Å²) in [5, 5.41) is 0. The molecule has 5 nitrogen and oxygen atoms in total. The van der Waals surface area contributed by atoms with Crippen molar-refractivity contribution in [2.75, 3.05) is 27.2 Å². The molecule has 1 fully saturated rings. The van der Waals surface area contributed by atoms with Crippen LogP contribution < -0.4 is 0 Å². The van der Waals surface area contributed by atoms with Crippen LogP contribution in [0.3, 0.4) is 0 Å². The monoisotopic (exact) mass is 333 g/mol. The molecule has 1 aliphatic heterocycles. The van der Waals surface area contributed by atoms with E-state index in [9.17, 15) is 8.42 Å². The van der Waals surface area contributed by atoms with Gasteiger partial charge in [-0.3, -0.25) is 4.98 Å². The SMILES string of the molecule is CN(C)[C@@H]1CCN(S(=O)(=O)c2cncc(Br)c2)C1. The van der Waals surface area contributed by atoms with Gasteiger partial charge < -0.3 is 4.90 Å². The number of likely N-dealkylation sites (N-methyl/N-ethyl adjacent to an activating group) is 1. The molecule has 0 aliphatic carbocycles. The van der Waals surface area contributed by atoms with Gasteiger partial charge in [-0.25, -0.2) is 8.42 Å². The Morgan fingerprint density at radius 1 is 1.44 bits per heavy atom. The van der Waals surface area contributed by atoms with Crippen molar-refractivity contribution in [3.05, 3.63) is 22.9 Å². The van der Waals surface area contributed by atoms with Crippen LogP contribution in [-0.4, -0.2) is 55.8 Å². The van der Waals surface area contributed by atoms with Crippen LogP contribution in [-0.2, 0) is 10.0 Å². The van der Waals surface area contributed by atoms with Gasteiger partial charge in [0.05, 0.1) is 0 Å². The molecule has 0 saturated carbocycles. The Labute approximate surface area is 116 Å². The van der Waals surface area contributed by atoms with Crippen LogP contribution in [0.25, 0.3) is 0 Å². The van der Waals surface area contributed by atoms with Gasteiger partial charge in [0.25, 0.3) is 0 Å². The van der Waals surface area contributed by atoms with E-state index in [-0.39, 0.29) is 4.90 Å². The third kappa shape index (κ3) is 2.74. The molecule has 1 aromatic rings. The van der Waals surface area contributed by atoms with E-state index in [1.165, 1.54) is 10.5 Å². The van der Waals surface area contributed by atoms with Crippen LogP contribution >= 0.6 is 15.9 Å². The van der Waals surface area contributed by atoms with Crippen LogP contribution in [0.15, 0.2) is 27.8 Å². The Kier molecular flexibility index (Phi) is 4.05. The summed E-state index contributed by atoms with van der Waals surface area (Å²) < 4.78 is 27.0. The number of rotatable bonds is 3. The number of nitrogens with zero attached hydrogens (tertiary/aromatic N) is 3. The van der Waals surface area contributed by atoms with Crippen molar-refractivity contribution >= 4 is 26.0 Å². The first-order chi connectivity index (χ1) is 8.41. The van der Waals surface area contributed by atoms with Crippen molar-refractivity contribution in [2.45, 2.75) is 17.4 Å². The number of hydrogen-bond acceptors (Lipinski definition) is 4. The van der Waals surface area contributed by atoms with Gasteiger partial charge in [-0.15, -0.1) is 0 Å². The van der Waals surface area contributed by atoms with Crippen molar-refractivity contribution in [3.8, 4) is 0 Å². The molecule has 0 spiro atoms. The van der Waals surface area contributed by atoms with Crippen molar-refractivity contribution in [1.29, 1.82) is 0 Å². The van der Waals surface area contributed by atoms with E-state index in [0.717, 1.165) is 6.42 Å². The topological polar surface area (TPSA) is 53.5 Å². The molecule has 0 radical (unpaired) electrons. The molecule has 2 rings (SSSR count). The molecule has 0 unspecified atom stereocenters. The minimum absolute atomic E-state index is 0.247. The summed E-state index contributed by atoms with van der Waals surface area (Å²) in [5.74, 6) is 0. The number of halogens is 1. The highest BCUT2D eigenvalue weighted by Gasteiger charge is 2.33. The van der Waals surface area contributed by atoms with Gasteiger partial charge in [-0.2, -0.15) is 4.31 Å². The fraction of sp³-hybridized carbons (Fsp3) is 0.545. The van der Waals surface area contributed by atoms with E-state index in [1.54, 1.807) is 12.3 Å². The first kappa shape index (κ1) is 13.9. The number of aromatic nitrogens is 1. The predicted octanol–water partition coefficient (Wildman–Crippen LogP) is 1.17. The molecule has 2 heterocycles. The largest absolute Gasteiger partial charge is 0.305 e. The zero-order valence-electron chi connectivity index (χ0n) is 10.4. The Morgan fingerprint density at radius 3 is 2.72 bits per heavy atom. The summed E-state index contributed by atoms with van der Waals surface area (Å²) in [6, 6.07) is 1.88. The highest BCUT2D eigenvalue weighted by molar-refractivity contribution is 9.10. The van der Waals surface area contributed by atoms with E-state index in [0.29, 0.717) is 23.6 Å². The number of sulfonamides is 1. The molecule has 1 aromatic heterocycles. The Morgan fingerprint density at radius 2 is 2.17 bits per heavy atom. The van der Waals surface area contributed by atoms with E-state index < -0.39 is 10.0 Å². The van der Waals surface area contributed by atoms with Gasteiger partial charge in [0.15, 0.2) is 0 Å². The molecule has 0 bridgehead atoms. The summed E-state index contributed by atoms with van der Waals surface area (Å²) in [6.45, 7) is 1.11. The molecule has 1 aliphatic rings. The quantitative estimate of drug-likeness (QED) is 0.833. The lowest BCUT2D eigenvalue weighted by Crippen LogP contribution is -2.34. The summed E-state index contributed by atoms with van der Waals surface area (Å²) in [6.07, 6.45) is 3.84. The fourth-order valence-electron chi connectivity index (χ4n) is 2.03. The zero-order valence-corrected chi connectivity index (χ0v) is 12.8. The Bertz CT molecular complexity index is 533. The van der Waals surface area contributed by atoms with Crippen molar-refractivity contribution in [3.63, 3.8) is 0 Å². The van der Waals surface area contributed by atoms with Gasteiger partial charge in [0.1, 0.15) is 4.90 Å². The molecule has 0 aromatic carbocycles. The highest BCUT2D eigenvalue weighted by atomic mass is 79.9. The lowest BCUT2D eigenvalue weighted by molar-refractivity contribution is 0.302. The van der Waals surface area contributed by atoms with Gasteiger partial charge >= 0.3 is 0 Å². The van der Waals surface area contributed by atoms with Crippen LogP contribution in [0.1, 0.15) is 6.42 Å². The number of pyridine rings is 1. The average molecular weight is 334 g/mol. The van der Waals surface area contributed by atoms with Crippen LogP contribution in [0, 0.1) is 0 Å². The second-order valence-electron chi connectivity index (χ2n) is 4.61. The zero-order chi connectivity index (χ0) is 13.3. The Hall–Kier alpha value is -0.500. The van der Waals surface area contributed by atoms with Gasteiger partial charge in [-0.05, 0) is 42.5 Å². The van der Waals surface area contributed by atoms with Gasteiger partial charge in [0, 0.05) is 36.0 Å². The molecular weight excluding hydrogens is 318 g/mol. The fourth-order valence-corrected chi connectivity index (χ4v) is 4.03. The minimum Gasteiger partial charge on any atom is -0.305 e. The molecule has 7 heteroatoms. The maximum absolute atomic E-state index is 12.4.